The first-order chi connectivity index (χ1) is 15.1. The van der Waals surface area contributed by atoms with Crippen LogP contribution in [0.5, 0.6) is 0 Å². The molecule has 1 saturated carbocycles. The molecule has 0 aromatic heterocycles. The second-order valence-electron chi connectivity index (χ2n) is 11.6. The van der Waals surface area contributed by atoms with Gasteiger partial charge in [-0.25, -0.2) is 0 Å². The fraction of sp³-hybridized carbons (Fsp3) is 0.926. The molecule has 5 heteroatoms. The first-order valence-corrected chi connectivity index (χ1v) is 21.6. The Balaban J connectivity index is 1.84. The summed E-state index contributed by atoms with van der Waals surface area (Å²) in [5, 5.41) is 0. The third-order valence-corrected chi connectivity index (χ3v) is 23.0. The number of rotatable bonds is 11. The molecule has 2 aliphatic heterocycles. The van der Waals surface area contributed by atoms with E-state index in [0.29, 0.717) is 5.92 Å². The molecule has 2 saturated heterocycles. The third-order valence-electron chi connectivity index (χ3n) is 7.82. The second-order valence-corrected chi connectivity index (χ2v) is 25.6. The van der Waals surface area contributed by atoms with Gasteiger partial charge in [0.05, 0.1) is 0 Å². The standard InChI is InChI=1S/C15H23O4.3C4H9.Sn/c1-6-9-7-10-8-16-14(2,3)17-12(10)13-11(9)18-15(4,5)19-13;3*1-3-4-2;/h6,10-13H,1,7-8H2,2-5H3;3*1,3-4H2,2H3;/b9-6-;;;;/t10-,11+,12?,13-;;;;/m1..../s1. The van der Waals surface area contributed by atoms with Gasteiger partial charge in [-0.2, -0.15) is 0 Å². The topological polar surface area (TPSA) is 36.9 Å². The molecular weight excluding hydrogens is 507 g/mol. The van der Waals surface area contributed by atoms with Crippen LogP contribution in [0.1, 0.15) is 93.4 Å². The molecule has 1 aliphatic carbocycles. The summed E-state index contributed by atoms with van der Waals surface area (Å²) in [6, 6.07) is 0. The maximum absolute atomic E-state index is 6.50. The Morgan fingerprint density at radius 2 is 1.38 bits per heavy atom. The van der Waals surface area contributed by atoms with Crippen molar-refractivity contribution in [3.8, 4) is 0 Å². The van der Waals surface area contributed by atoms with Gasteiger partial charge in [0.15, 0.2) is 0 Å². The van der Waals surface area contributed by atoms with Gasteiger partial charge < -0.3 is 0 Å². The van der Waals surface area contributed by atoms with Crippen LogP contribution in [0.4, 0.5) is 0 Å². The number of fused-ring (bicyclic) bond motifs is 3. The molecular formula is C27H50O4Sn. The van der Waals surface area contributed by atoms with Gasteiger partial charge in [-0.05, 0) is 0 Å². The number of unbranched alkanes of at least 4 members (excludes halogenated alkanes) is 3. The Labute approximate surface area is 202 Å². The van der Waals surface area contributed by atoms with Crippen molar-refractivity contribution >= 4 is 18.4 Å². The van der Waals surface area contributed by atoms with Crippen molar-refractivity contribution in [3.05, 3.63) is 11.6 Å². The predicted molar refractivity (Wildman–Crippen MR) is 135 cm³/mol. The molecule has 0 radical (unpaired) electrons. The molecule has 3 fully saturated rings. The molecule has 0 bridgehead atoms. The van der Waals surface area contributed by atoms with Crippen LogP contribution in [-0.2, 0) is 18.9 Å². The molecule has 0 N–H and O–H groups in total. The number of hydrogen-bond donors (Lipinski definition) is 0. The molecule has 0 spiro atoms. The van der Waals surface area contributed by atoms with Crippen LogP contribution in [-0.4, -0.2) is 54.9 Å². The Bertz CT molecular complexity index is 607. The maximum atomic E-state index is 6.50. The van der Waals surface area contributed by atoms with E-state index in [1.54, 1.807) is 13.3 Å². The SMILES string of the molecule is CCC[CH2][Sn]([CH2]/C=C1/C[C@@H]2COC(C)(C)OC2[C@@H]2OC(C)(C)O[C@@H]12)([CH2]CCC)[CH2]CCC. The summed E-state index contributed by atoms with van der Waals surface area (Å²) in [7, 11) is 0. The molecule has 3 rings (SSSR count). The molecule has 0 aromatic carbocycles. The van der Waals surface area contributed by atoms with Crippen molar-refractivity contribution < 1.29 is 18.9 Å². The van der Waals surface area contributed by atoms with Gasteiger partial charge in [-0.3, -0.25) is 0 Å². The van der Waals surface area contributed by atoms with E-state index in [2.05, 4.69) is 40.7 Å². The Morgan fingerprint density at radius 1 is 0.812 bits per heavy atom. The van der Waals surface area contributed by atoms with Gasteiger partial charge in [-0.1, -0.05) is 0 Å². The first kappa shape index (κ1) is 27.0. The van der Waals surface area contributed by atoms with Gasteiger partial charge in [0.25, 0.3) is 0 Å². The molecule has 0 aromatic rings. The Morgan fingerprint density at radius 3 is 1.94 bits per heavy atom. The van der Waals surface area contributed by atoms with E-state index < -0.39 is 30.0 Å². The molecule has 0 amide bonds. The van der Waals surface area contributed by atoms with E-state index in [1.807, 2.05) is 13.8 Å². The molecule has 2 heterocycles. The summed E-state index contributed by atoms with van der Waals surface area (Å²) in [4.78, 5) is 0. The molecule has 4 nitrogen and oxygen atoms in total. The summed E-state index contributed by atoms with van der Waals surface area (Å²) in [5.41, 5.74) is 1.47. The van der Waals surface area contributed by atoms with Crippen LogP contribution in [0.3, 0.4) is 0 Å². The normalized spacial score (nSPS) is 32.7. The first-order valence-electron chi connectivity index (χ1n) is 13.5. The van der Waals surface area contributed by atoms with Crippen LogP contribution < -0.4 is 0 Å². The average Bonchev–Trinajstić information content (AvgIpc) is 3.08. The van der Waals surface area contributed by atoms with E-state index in [-0.39, 0.29) is 18.3 Å². The van der Waals surface area contributed by atoms with Crippen LogP contribution in [0.25, 0.3) is 0 Å². The summed E-state index contributed by atoms with van der Waals surface area (Å²) in [6.45, 7) is 16.0. The molecule has 1 unspecified atom stereocenters. The number of ether oxygens (including phenoxy) is 4. The average molecular weight is 557 g/mol. The van der Waals surface area contributed by atoms with Crippen molar-refractivity contribution in [2.75, 3.05) is 6.61 Å². The Hall–Kier alpha value is 0.379. The van der Waals surface area contributed by atoms with Gasteiger partial charge in [0.1, 0.15) is 0 Å². The minimum absolute atomic E-state index is 0.0234. The van der Waals surface area contributed by atoms with Gasteiger partial charge in [0.2, 0.25) is 0 Å². The monoisotopic (exact) mass is 558 g/mol. The van der Waals surface area contributed by atoms with Crippen LogP contribution >= 0.6 is 0 Å². The van der Waals surface area contributed by atoms with E-state index in [4.69, 9.17) is 18.9 Å². The van der Waals surface area contributed by atoms with E-state index in [9.17, 15) is 0 Å². The van der Waals surface area contributed by atoms with Crippen molar-refractivity contribution in [1.29, 1.82) is 0 Å². The zero-order chi connectivity index (χ0) is 23.4. The fourth-order valence-corrected chi connectivity index (χ4v) is 21.3. The molecule has 4 atom stereocenters. The number of allylic oxidation sites excluding steroid dienone is 1. The van der Waals surface area contributed by atoms with Gasteiger partial charge >= 0.3 is 203 Å². The van der Waals surface area contributed by atoms with E-state index >= 15 is 0 Å². The predicted octanol–water partition coefficient (Wildman–Crippen LogP) is 7.45. The van der Waals surface area contributed by atoms with Gasteiger partial charge in [0, 0.05) is 0 Å². The number of hydrogen-bond acceptors (Lipinski definition) is 4. The molecule has 32 heavy (non-hydrogen) atoms. The summed E-state index contributed by atoms with van der Waals surface area (Å²) in [5.74, 6) is -0.739. The fourth-order valence-electron chi connectivity index (χ4n) is 5.99. The molecule has 3 aliphatic rings. The van der Waals surface area contributed by atoms with Crippen molar-refractivity contribution in [2.24, 2.45) is 5.92 Å². The van der Waals surface area contributed by atoms with E-state index in [0.717, 1.165) is 13.0 Å². The van der Waals surface area contributed by atoms with Crippen molar-refractivity contribution in [1.82, 2.24) is 0 Å². The quantitative estimate of drug-likeness (QED) is 0.195. The summed E-state index contributed by atoms with van der Waals surface area (Å²) < 4.78 is 31.4. The minimum atomic E-state index is -2.22. The van der Waals surface area contributed by atoms with Crippen LogP contribution in [0.15, 0.2) is 11.6 Å². The zero-order valence-electron chi connectivity index (χ0n) is 22.0. The summed E-state index contributed by atoms with van der Waals surface area (Å²) in [6.07, 6.45) is 12.0. The Kier molecular flexibility index (Phi) is 9.62. The van der Waals surface area contributed by atoms with E-state index in [1.165, 1.54) is 48.5 Å². The molecule has 186 valence electrons. The van der Waals surface area contributed by atoms with Crippen LogP contribution in [0, 0.1) is 5.92 Å². The van der Waals surface area contributed by atoms with Crippen molar-refractivity contribution in [2.45, 2.75) is 141 Å². The summed E-state index contributed by atoms with van der Waals surface area (Å²) >= 11 is -2.22. The second kappa shape index (κ2) is 11.4. The van der Waals surface area contributed by atoms with Crippen LogP contribution in [0.2, 0.25) is 17.7 Å². The van der Waals surface area contributed by atoms with Crippen molar-refractivity contribution in [3.63, 3.8) is 0 Å². The van der Waals surface area contributed by atoms with Gasteiger partial charge in [-0.15, -0.1) is 0 Å². The zero-order valence-corrected chi connectivity index (χ0v) is 24.9. The third kappa shape index (κ3) is 6.74.